The van der Waals surface area contributed by atoms with Crippen LogP contribution in [0.2, 0.25) is 0 Å². The summed E-state index contributed by atoms with van der Waals surface area (Å²) in [5.41, 5.74) is 0.119. The highest BCUT2D eigenvalue weighted by Gasteiger charge is 2.38. The standard InChI is InChI=1S/C12H5BF4O2/c14-7-2-1-6(5-10(7)17)13-18-11-8(15)3-4-9(16)12(11)19-13/h1-5H. The molecular weight excluding hydrogens is 263 g/mol. The van der Waals surface area contributed by atoms with Crippen molar-refractivity contribution in [3.8, 4) is 11.5 Å². The summed E-state index contributed by atoms with van der Waals surface area (Å²) in [4.78, 5) is 0. The van der Waals surface area contributed by atoms with E-state index in [-0.39, 0.29) is 17.0 Å². The van der Waals surface area contributed by atoms with Crippen LogP contribution >= 0.6 is 0 Å². The molecule has 1 aliphatic rings. The van der Waals surface area contributed by atoms with E-state index >= 15 is 0 Å². The highest BCUT2D eigenvalue weighted by atomic mass is 19.2. The normalized spacial score (nSPS) is 12.9. The van der Waals surface area contributed by atoms with Gasteiger partial charge in [0.15, 0.2) is 34.8 Å². The summed E-state index contributed by atoms with van der Waals surface area (Å²) in [6.45, 7) is 0. The maximum absolute atomic E-state index is 13.4. The minimum Gasteiger partial charge on any atom is -0.517 e. The first-order valence-electron chi connectivity index (χ1n) is 5.32. The quantitative estimate of drug-likeness (QED) is 0.584. The van der Waals surface area contributed by atoms with Crippen molar-refractivity contribution in [2.45, 2.75) is 0 Å². The van der Waals surface area contributed by atoms with E-state index in [1.54, 1.807) is 0 Å². The zero-order valence-corrected chi connectivity index (χ0v) is 9.29. The summed E-state index contributed by atoms with van der Waals surface area (Å²) in [7, 11) is -1.21. The van der Waals surface area contributed by atoms with Crippen LogP contribution in [0, 0.1) is 23.3 Å². The van der Waals surface area contributed by atoms with Crippen LogP contribution in [-0.2, 0) is 0 Å². The molecule has 1 aliphatic heterocycles. The Hall–Kier alpha value is -2.18. The Morgan fingerprint density at radius 3 is 1.74 bits per heavy atom. The largest absolute Gasteiger partial charge is 0.633 e. The Morgan fingerprint density at radius 1 is 0.684 bits per heavy atom. The Bertz CT molecular complexity index is 631. The molecule has 19 heavy (non-hydrogen) atoms. The Kier molecular flexibility index (Phi) is 2.62. The zero-order valence-electron chi connectivity index (χ0n) is 9.29. The summed E-state index contributed by atoms with van der Waals surface area (Å²) in [6, 6.07) is 4.73. The van der Waals surface area contributed by atoms with Crippen LogP contribution in [0.1, 0.15) is 0 Å². The Labute approximate surface area is 105 Å². The van der Waals surface area contributed by atoms with E-state index in [0.717, 1.165) is 24.3 Å². The highest BCUT2D eigenvalue weighted by Crippen LogP contribution is 2.38. The first-order valence-corrected chi connectivity index (χ1v) is 5.32. The van der Waals surface area contributed by atoms with Gasteiger partial charge in [0.05, 0.1) is 0 Å². The van der Waals surface area contributed by atoms with Crippen molar-refractivity contribution in [3.05, 3.63) is 53.6 Å². The molecule has 0 atom stereocenters. The van der Waals surface area contributed by atoms with Gasteiger partial charge in [-0.3, -0.25) is 0 Å². The summed E-state index contributed by atoms with van der Waals surface area (Å²) < 4.78 is 62.8. The van der Waals surface area contributed by atoms with Crippen LogP contribution in [0.5, 0.6) is 11.5 Å². The molecular formula is C12H5BF4O2. The monoisotopic (exact) mass is 268 g/mol. The Balaban J connectivity index is 1.97. The van der Waals surface area contributed by atoms with Crippen molar-refractivity contribution in [2.75, 3.05) is 0 Å². The second-order valence-electron chi connectivity index (χ2n) is 3.93. The van der Waals surface area contributed by atoms with Crippen LogP contribution in [0.3, 0.4) is 0 Å². The molecule has 0 N–H and O–H groups in total. The topological polar surface area (TPSA) is 18.5 Å². The fourth-order valence-electron chi connectivity index (χ4n) is 1.77. The van der Waals surface area contributed by atoms with Crippen LogP contribution in [0.25, 0.3) is 0 Å². The van der Waals surface area contributed by atoms with Gasteiger partial charge in [0.1, 0.15) is 0 Å². The number of rotatable bonds is 1. The molecule has 0 saturated carbocycles. The van der Waals surface area contributed by atoms with Crippen molar-refractivity contribution >= 4 is 12.6 Å². The van der Waals surface area contributed by atoms with Crippen molar-refractivity contribution in [2.24, 2.45) is 0 Å². The average molecular weight is 268 g/mol. The van der Waals surface area contributed by atoms with Gasteiger partial charge in [0, 0.05) is 5.46 Å². The minimum atomic E-state index is -1.21. The lowest BCUT2D eigenvalue weighted by Crippen LogP contribution is -2.39. The molecule has 0 saturated heterocycles. The van der Waals surface area contributed by atoms with Gasteiger partial charge in [0.25, 0.3) is 0 Å². The summed E-state index contributed by atoms with van der Waals surface area (Å²) in [5.74, 6) is -4.47. The van der Waals surface area contributed by atoms with Gasteiger partial charge in [-0.1, -0.05) is 6.07 Å². The van der Waals surface area contributed by atoms with Crippen molar-refractivity contribution < 1.29 is 26.9 Å². The van der Waals surface area contributed by atoms with Gasteiger partial charge >= 0.3 is 7.12 Å². The molecule has 0 unspecified atom stereocenters. The van der Waals surface area contributed by atoms with Crippen LogP contribution in [-0.4, -0.2) is 7.12 Å². The molecule has 3 rings (SSSR count). The molecule has 0 aromatic heterocycles. The van der Waals surface area contributed by atoms with E-state index in [9.17, 15) is 17.6 Å². The van der Waals surface area contributed by atoms with Crippen LogP contribution < -0.4 is 14.8 Å². The molecule has 7 heteroatoms. The smallest absolute Gasteiger partial charge is 0.517 e. The third-order valence-electron chi connectivity index (χ3n) is 2.68. The predicted molar refractivity (Wildman–Crippen MR) is 59.4 cm³/mol. The van der Waals surface area contributed by atoms with Gasteiger partial charge in [0.2, 0.25) is 0 Å². The minimum absolute atomic E-state index is 0.119. The lowest BCUT2D eigenvalue weighted by atomic mass is 9.79. The molecule has 1 heterocycles. The van der Waals surface area contributed by atoms with Gasteiger partial charge < -0.3 is 9.31 Å². The van der Waals surface area contributed by atoms with Crippen LogP contribution in [0.15, 0.2) is 30.3 Å². The molecule has 2 nitrogen and oxygen atoms in total. The third-order valence-corrected chi connectivity index (χ3v) is 2.68. The molecule has 0 fully saturated rings. The average Bonchev–Trinajstić information content (AvgIpc) is 2.83. The van der Waals surface area contributed by atoms with Crippen molar-refractivity contribution in [1.82, 2.24) is 0 Å². The zero-order chi connectivity index (χ0) is 13.6. The Morgan fingerprint density at radius 2 is 1.21 bits per heavy atom. The SMILES string of the molecule is Fc1ccc(B2Oc3c(F)ccc(F)c3O2)cc1F. The molecule has 0 bridgehead atoms. The molecule has 2 aromatic rings. The van der Waals surface area contributed by atoms with Crippen LogP contribution in [0.4, 0.5) is 17.6 Å². The summed E-state index contributed by atoms with van der Waals surface area (Å²) >= 11 is 0. The van der Waals surface area contributed by atoms with E-state index < -0.39 is 30.4 Å². The van der Waals surface area contributed by atoms with Crippen molar-refractivity contribution in [1.29, 1.82) is 0 Å². The van der Waals surface area contributed by atoms with Gasteiger partial charge in [-0.05, 0) is 24.3 Å². The molecule has 0 spiro atoms. The van der Waals surface area contributed by atoms with Gasteiger partial charge in [-0.25, -0.2) is 17.6 Å². The summed E-state index contributed by atoms with van der Waals surface area (Å²) in [6.07, 6.45) is 0. The number of hydrogen-bond acceptors (Lipinski definition) is 2. The first kappa shape index (κ1) is 11.9. The first-order chi connectivity index (χ1) is 9.06. The fourth-order valence-corrected chi connectivity index (χ4v) is 1.77. The number of fused-ring (bicyclic) bond motifs is 1. The van der Waals surface area contributed by atoms with Gasteiger partial charge in [-0.15, -0.1) is 0 Å². The van der Waals surface area contributed by atoms with Gasteiger partial charge in [-0.2, -0.15) is 0 Å². The fraction of sp³-hybridized carbons (Fsp3) is 0. The lowest BCUT2D eigenvalue weighted by molar-refractivity contribution is 0.487. The molecule has 96 valence electrons. The molecule has 0 amide bonds. The number of hydrogen-bond donors (Lipinski definition) is 0. The van der Waals surface area contributed by atoms with E-state index in [1.807, 2.05) is 0 Å². The van der Waals surface area contributed by atoms with E-state index in [2.05, 4.69) is 0 Å². The van der Waals surface area contributed by atoms with Crippen molar-refractivity contribution in [3.63, 3.8) is 0 Å². The van der Waals surface area contributed by atoms with E-state index in [0.29, 0.717) is 0 Å². The third kappa shape index (κ3) is 1.91. The maximum Gasteiger partial charge on any atom is 0.633 e. The molecule has 2 aromatic carbocycles. The second kappa shape index (κ2) is 4.19. The molecule has 0 radical (unpaired) electrons. The van der Waals surface area contributed by atoms with E-state index in [1.165, 1.54) is 6.07 Å². The number of halogens is 4. The second-order valence-corrected chi connectivity index (χ2v) is 3.93. The highest BCUT2D eigenvalue weighted by molar-refractivity contribution is 6.63. The maximum atomic E-state index is 13.4. The predicted octanol–water partition coefficient (Wildman–Crippen LogP) is 2.41. The molecule has 0 aliphatic carbocycles. The number of benzene rings is 2. The van der Waals surface area contributed by atoms with E-state index in [4.69, 9.17) is 9.31 Å². The lowest BCUT2D eigenvalue weighted by Gasteiger charge is -2.05. The summed E-state index contributed by atoms with van der Waals surface area (Å²) in [5, 5.41) is 0.